The van der Waals surface area contributed by atoms with Gasteiger partial charge in [0.1, 0.15) is 13.2 Å². The number of hydrogen-bond acceptors (Lipinski definition) is 2. The van der Waals surface area contributed by atoms with Crippen molar-refractivity contribution in [1.29, 1.82) is 0 Å². The first-order chi connectivity index (χ1) is 6.70. The quantitative estimate of drug-likeness (QED) is 0.583. The first-order valence-corrected chi connectivity index (χ1v) is 4.66. The zero-order chi connectivity index (χ0) is 10.6. The van der Waals surface area contributed by atoms with Crippen molar-refractivity contribution in [3.63, 3.8) is 0 Å². The molecule has 0 aliphatic heterocycles. The highest BCUT2D eigenvalue weighted by Gasteiger charge is 2.15. The van der Waals surface area contributed by atoms with Crippen molar-refractivity contribution in [3.8, 4) is 11.5 Å². The number of pyridine rings is 1. The summed E-state index contributed by atoms with van der Waals surface area (Å²) >= 11 is 0. The fourth-order valence-electron chi connectivity index (χ4n) is 1.33. The molecule has 1 heterocycles. The van der Waals surface area contributed by atoms with Crippen LogP contribution in [0.1, 0.15) is 12.6 Å². The lowest BCUT2D eigenvalue weighted by molar-refractivity contribution is -0.699. The van der Waals surface area contributed by atoms with Crippen LogP contribution in [0.25, 0.3) is 0 Å². The van der Waals surface area contributed by atoms with Gasteiger partial charge in [0.25, 0.3) is 0 Å². The Morgan fingerprint density at radius 3 is 2.93 bits per heavy atom. The predicted octanol–water partition coefficient (Wildman–Crippen LogP) is 1.57. The summed E-state index contributed by atoms with van der Waals surface area (Å²) in [5.74, 6) is 0.711. The van der Waals surface area contributed by atoms with Crippen molar-refractivity contribution in [3.05, 3.63) is 30.6 Å². The molecule has 0 bridgehead atoms. The lowest BCUT2D eigenvalue weighted by atomic mass is 10.3. The van der Waals surface area contributed by atoms with E-state index in [4.69, 9.17) is 4.74 Å². The van der Waals surface area contributed by atoms with Crippen LogP contribution in [0.3, 0.4) is 0 Å². The van der Waals surface area contributed by atoms with Gasteiger partial charge < -0.3 is 9.84 Å². The number of aromatic nitrogens is 1. The molecule has 0 unspecified atom stereocenters. The van der Waals surface area contributed by atoms with Crippen LogP contribution < -0.4 is 9.30 Å². The summed E-state index contributed by atoms with van der Waals surface area (Å²) in [6.07, 6.45) is 3.49. The Morgan fingerprint density at radius 2 is 2.36 bits per heavy atom. The molecule has 0 radical (unpaired) electrons. The number of rotatable bonds is 4. The van der Waals surface area contributed by atoms with E-state index >= 15 is 0 Å². The lowest BCUT2D eigenvalue weighted by Crippen LogP contribution is -2.35. The topological polar surface area (TPSA) is 33.3 Å². The normalized spacial score (nSPS) is 9.86. The standard InChI is InChI=1S/C11H15NO2/c1-4-8-14-11-9(3)12(5-2)7-6-10(11)13/h4,6-7H,1,5,8H2,2-3H3/p+1. The van der Waals surface area contributed by atoms with Crippen LogP contribution in [0, 0.1) is 6.92 Å². The van der Waals surface area contributed by atoms with E-state index in [2.05, 4.69) is 6.58 Å². The molecule has 0 saturated heterocycles. The molecule has 0 fully saturated rings. The van der Waals surface area contributed by atoms with E-state index in [1.54, 1.807) is 12.1 Å². The minimum absolute atomic E-state index is 0.175. The van der Waals surface area contributed by atoms with E-state index in [1.807, 2.05) is 24.6 Å². The fourth-order valence-corrected chi connectivity index (χ4v) is 1.33. The van der Waals surface area contributed by atoms with Crippen molar-refractivity contribution in [1.82, 2.24) is 0 Å². The molecule has 3 nitrogen and oxygen atoms in total. The summed E-state index contributed by atoms with van der Waals surface area (Å²) in [7, 11) is 0. The Hall–Kier alpha value is -1.51. The van der Waals surface area contributed by atoms with Crippen molar-refractivity contribution >= 4 is 0 Å². The molecule has 0 spiro atoms. The molecule has 3 heteroatoms. The zero-order valence-corrected chi connectivity index (χ0v) is 8.66. The van der Waals surface area contributed by atoms with Crippen LogP contribution in [0.15, 0.2) is 24.9 Å². The summed E-state index contributed by atoms with van der Waals surface area (Å²) in [5.41, 5.74) is 0.925. The number of aromatic hydroxyl groups is 1. The van der Waals surface area contributed by atoms with Gasteiger partial charge in [-0.25, -0.2) is 0 Å². The number of aryl methyl sites for hydroxylation is 1. The molecule has 14 heavy (non-hydrogen) atoms. The molecule has 0 aliphatic carbocycles. The summed E-state index contributed by atoms with van der Waals surface area (Å²) < 4.78 is 7.38. The SMILES string of the molecule is C=CCOc1c(O)cc[n+](CC)c1C. The fraction of sp³-hybridized carbons (Fsp3) is 0.364. The average molecular weight is 194 g/mol. The lowest BCUT2D eigenvalue weighted by Gasteiger charge is -2.07. The van der Waals surface area contributed by atoms with Crippen LogP contribution in [-0.2, 0) is 6.54 Å². The third kappa shape index (κ3) is 2.05. The summed E-state index contributed by atoms with van der Waals surface area (Å²) in [6.45, 7) is 8.79. The molecule has 0 aliphatic rings. The molecular formula is C11H16NO2+. The molecule has 1 aromatic heterocycles. The van der Waals surface area contributed by atoms with Crippen molar-refractivity contribution in [2.45, 2.75) is 20.4 Å². The monoisotopic (exact) mass is 194 g/mol. The second-order valence-electron chi connectivity index (χ2n) is 3.00. The minimum Gasteiger partial charge on any atom is -0.504 e. The molecule has 1 aromatic rings. The first-order valence-electron chi connectivity index (χ1n) is 4.66. The summed E-state index contributed by atoms with van der Waals surface area (Å²) in [6, 6.07) is 1.63. The Labute approximate surface area is 84.3 Å². The molecule has 1 N–H and O–H groups in total. The van der Waals surface area contributed by atoms with Gasteiger partial charge in [-0.05, 0) is 6.92 Å². The van der Waals surface area contributed by atoms with Crippen molar-refractivity contribution < 1.29 is 14.4 Å². The third-order valence-electron chi connectivity index (χ3n) is 2.09. The largest absolute Gasteiger partial charge is 0.504 e. The Balaban J connectivity index is 3.04. The van der Waals surface area contributed by atoms with E-state index in [1.165, 1.54) is 0 Å². The maximum atomic E-state index is 9.57. The Morgan fingerprint density at radius 1 is 1.64 bits per heavy atom. The van der Waals surface area contributed by atoms with Gasteiger partial charge in [-0.15, -0.1) is 0 Å². The van der Waals surface area contributed by atoms with Crippen molar-refractivity contribution in [2.75, 3.05) is 6.61 Å². The van der Waals surface area contributed by atoms with Gasteiger partial charge in [0.05, 0.1) is 0 Å². The maximum Gasteiger partial charge on any atom is 0.229 e. The van der Waals surface area contributed by atoms with E-state index in [0.29, 0.717) is 12.4 Å². The average Bonchev–Trinajstić information content (AvgIpc) is 2.18. The number of ether oxygens (including phenoxy) is 1. The summed E-state index contributed by atoms with van der Waals surface area (Å²) in [4.78, 5) is 0. The van der Waals surface area contributed by atoms with Gasteiger partial charge >= 0.3 is 0 Å². The summed E-state index contributed by atoms with van der Waals surface area (Å²) in [5, 5.41) is 9.57. The highest BCUT2D eigenvalue weighted by atomic mass is 16.5. The van der Waals surface area contributed by atoms with Crippen LogP contribution in [0.4, 0.5) is 0 Å². The molecule has 0 aromatic carbocycles. The first kappa shape index (κ1) is 10.6. The maximum absolute atomic E-state index is 9.57. The third-order valence-corrected chi connectivity index (χ3v) is 2.09. The molecule has 0 atom stereocenters. The van der Waals surface area contributed by atoms with Crippen LogP contribution in [0.2, 0.25) is 0 Å². The highest BCUT2D eigenvalue weighted by molar-refractivity contribution is 5.38. The Bertz CT molecular complexity index is 334. The van der Waals surface area contributed by atoms with E-state index in [0.717, 1.165) is 12.2 Å². The van der Waals surface area contributed by atoms with Gasteiger partial charge in [-0.1, -0.05) is 12.7 Å². The van der Waals surface area contributed by atoms with Gasteiger partial charge in [-0.2, -0.15) is 4.57 Å². The van der Waals surface area contributed by atoms with Gasteiger partial charge in [-0.3, -0.25) is 0 Å². The van der Waals surface area contributed by atoms with Gasteiger partial charge in [0.2, 0.25) is 11.4 Å². The highest BCUT2D eigenvalue weighted by Crippen LogP contribution is 2.26. The van der Waals surface area contributed by atoms with Crippen LogP contribution in [-0.4, -0.2) is 11.7 Å². The van der Waals surface area contributed by atoms with Gasteiger partial charge in [0.15, 0.2) is 11.9 Å². The molecule has 0 amide bonds. The van der Waals surface area contributed by atoms with Crippen LogP contribution in [0.5, 0.6) is 11.5 Å². The van der Waals surface area contributed by atoms with E-state index in [9.17, 15) is 5.11 Å². The smallest absolute Gasteiger partial charge is 0.229 e. The second-order valence-corrected chi connectivity index (χ2v) is 3.00. The van der Waals surface area contributed by atoms with E-state index in [-0.39, 0.29) is 5.75 Å². The molecule has 76 valence electrons. The van der Waals surface area contributed by atoms with Crippen LogP contribution >= 0.6 is 0 Å². The zero-order valence-electron chi connectivity index (χ0n) is 8.66. The molecule has 0 saturated carbocycles. The molecule has 1 rings (SSSR count). The Kier molecular flexibility index (Phi) is 3.51. The minimum atomic E-state index is 0.175. The van der Waals surface area contributed by atoms with Crippen molar-refractivity contribution in [2.24, 2.45) is 0 Å². The second kappa shape index (κ2) is 4.65. The predicted molar refractivity (Wildman–Crippen MR) is 54.4 cm³/mol. The number of hydrogen-bond donors (Lipinski definition) is 1. The molecular weight excluding hydrogens is 178 g/mol. The van der Waals surface area contributed by atoms with Gasteiger partial charge in [0, 0.05) is 13.0 Å². The number of nitrogens with zero attached hydrogens (tertiary/aromatic N) is 1. The van der Waals surface area contributed by atoms with E-state index < -0.39 is 0 Å².